The Morgan fingerprint density at radius 1 is 1.37 bits per heavy atom. The van der Waals surface area contributed by atoms with E-state index < -0.39 is 0 Å². The van der Waals surface area contributed by atoms with Gasteiger partial charge in [-0.2, -0.15) is 0 Å². The van der Waals surface area contributed by atoms with E-state index in [1.807, 2.05) is 18.3 Å². The zero-order valence-electron chi connectivity index (χ0n) is 13.0. The van der Waals surface area contributed by atoms with Crippen LogP contribution in [0.2, 0.25) is 0 Å². The van der Waals surface area contributed by atoms with Crippen LogP contribution in [0.5, 0.6) is 5.88 Å². The lowest BCUT2D eigenvalue weighted by Crippen LogP contribution is -2.35. The second-order valence-corrected chi connectivity index (χ2v) is 6.31. The van der Waals surface area contributed by atoms with Crippen LogP contribution in [0, 0.1) is 5.92 Å². The Morgan fingerprint density at radius 2 is 2.11 bits per heavy atom. The first-order chi connectivity index (χ1) is 8.90. The fourth-order valence-corrected chi connectivity index (χ4v) is 1.81. The van der Waals surface area contributed by atoms with Crippen molar-refractivity contribution >= 4 is 0 Å². The van der Waals surface area contributed by atoms with Crippen LogP contribution in [0.25, 0.3) is 0 Å². The Kier molecular flexibility index (Phi) is 6.29. The molecule has 3 nitrogen and oxygen atoms in total. The van der Waals surface area contributed by atoms with Crippen LogP contribution >= 0.6 is 0 Å². The summed E-state index contributed by atoms with van der Waals surface area (Å²) in [5, 5.41) is 3.47. The average Bonchev–Trinajstić information content (AvgIpc) is 2.34. The highest BCUT2D eigenvalue weighted by atomic mass is 16.5. The van der Waals surface area contributed by atoms with Crippen molar-refractivity contribution in [3.63, 3.8) is 0 Å². The summed E-state index contributed by atoms with van der Waals surface area (Å²) < 4.78 is 5.75. The molecule has 0 bridgehead atoms. The van der Waals surface area contributed by atoms with Gasteiger partial charge in [-0.25, -0.2) is 4.98 Å². The number of ether oxygens (including phenoxy) is 1. The second-order valence-electron chi connectivity index (χ2n) is 6.31. The van der Waals surface area contributed by atoms with Crippen molar-refractivity contribution in [3.05, 3.63) is 23.9 Å². The van der Waals surface area contributed by atoms with Crippen molar-refractivity contribution in [2.45, 2.75) is 59.5 Å². The molecule has 0 aromatic carbocycles. The first-order valence-corrected chi connectivity index (χ1v) is 7.23. The summed E-state index contributed by atoms with van der Waals surface area (Å²) in [6.45, 7) is 12.5. The van der Waals surface area contributed by atoms with Crippen molar-refractivity contribution in [2.24, 2.45) is 5.92 Å². The van der Waals surface area contributed by atoms with Gasteiger partial charge in [-0.15, -0.1) is 0 Å². The molecule has 1 rings (SSSR count). The van der Waals surface area contributed by atoms with Crippen molar-refractivity contribution in [2.75, 3.05) is 6.61 Å². The number of rotatable bonds is 7. The van der Waals surface area contributed by atoms with Crippen molar-refractivity contribution in [1.29, 1.82) is 0 Å². The molecule has 0 aliphatic heterocycles. The molecule has 0 fully saturated rings. The molecule has 0 aliphatic carbocycles. The Labute approximate surface area is 117 Å². The zero-order chi connectivity index (χ0) is 14.3. The molecular weight excluding hydrogens is 236 g/mol. The molecule has 1 unspecified atom stereocenters. The average molecular weight is 264 g/mol. The van der Waals surface area contributed by atoms with E-state index in [9.17, 15) is 0 Å². The van der Waals surface area contributed by atoms with Crippen molar-refractivity contribution < 1.29 is 4.74 Å². The smallest absolute Gasteiger partial charge is 0.213 e. The summed E-state index contributed by atoms with van der Waals surface area (Å²) in [5.41, 5.74) is 1.34. The third-order valence-electron chi connectivity index (χ3n) is 2.92. The number of hydrogen-bond acceptors (Lipinski definition) is 3. The van der Waals surface area contributed by atoms with E-state index in [4.69, 9.17) is 4.74 Å². The van der Waals surface area contributed by atoms with Gasteiger partial charge in [0.2, 0.25) is 5.88 Å². The fraction of sp³-hybridized carbons (Fsp3) is 0.688. The topological polar surface area (TPSA) is 34.1 Å². The molecular formula is C16H28N2O. The normalized spacial score (nSPS) is 13.3. The monoisotopic (exact) mass is 264 g/mol. The van der Waals surface area contributed by atoms with E-state index in [1.54, 1.807) is 0 Å². The summed E-state index contributed by atoms with van der Waals surface area (Å²) in [6.07, 6.45) is 4.22. The molecule has 1 aromatic rings. The molecule has 0 amide bonds. The van der Waals surface area contributed by atoms with Gasteiger partial charge in [0, 0.05) is 24.3 Å². The maximum atomic E-state index is 5.75. The van der Waals surface area contributed by atoms with Gasteiger partial charge >= 0.3 is 0 Å². The third-order valence-corrected chi connectivity index (χ3v) is 2.92. The predicted molar refractivity (Wildman–Crippen MR) is 80.4 cm³/mol. The Hall–Kier alpha value is -1.09. The van der Waals surface area contributed by atoms with Gasteiger partial charge in [-0.1, -0.05) is 20.3 Å². The van der Waals surface area contributed by atoms with Crippen LogP contribution in [-0.2, 0) is 6.54 Å². The Morgan fingerprint density at radius 3 is 2.74 bits per heavy atom. The van der Waals surface area contributed by atoms with Gasteiger partial charge in [-0.05, 0) is 44.7 Å². The molecule has 3 heteroatoms. The summed E-state index contributed by atoms with van der Waals surface area (Å²) in [4.78, 5) is 4.27. The van der Waals surface area contributed by atoms with Gasteiger partial charge in [-0.3, -0.25) is 0 Å². The van der Waals surface area contributed by atoms with E-state index in [0.717, 1.165) is 19.0 Å². The van der Waals surface area contributed by atoms with Crippen LogP contribution in [0.3, 0.4) is 0 Å². The van der Waals surface area contributed by atoms with Crippen LogP contribution in [-0.4, -0.2) is 17.1 Å². The molecule has 0 saturated heterocycles. The summed E-state index contributed by atoms with van der Waals surface area (Å²) in [7, 11) is 0. The lowest BCUT2D eigenvalue weighted by molar-refractivity contribution is 0.242. The molecule has 0 radical (unpaired) electrons. The van der Waals surface area contributed by atoms with Crippen LogP contribution in [0.4, 0.5) is 0 Å². The van der Waals surface area contributed by atoms with Gasteiger partial charge in [0.1, 0.15) is 0 Å². The molecule has 1 heterocycles. The predicted octanol–water partition coefficient (Wildman–Crippen LogP) is 3.78. The largest absolute Gasteiger partial charge is 0.477 e. The van der Waals surface area contributed by atoms with Gasteiger partial charge < -0.3 is 10.1 Å². The van der Waals surface area contributed by atoms with E-state index in [0.29, 0.717) is 5.92 Å². The number of hydrogen-bond donors (Lipinski definition) is 1. The highest BCUT2D eigenvalue weighted by molar-refractivity contribution is 5.20. The molecule has 0 aliphatic rings. The quantitative estimate of drug-likeness (QED) is 0.813. The van der Waals surface area contributed by atoms with E-state index >= 15 is 0 Å². The molecule has 1 N–H and O–H groups in total. The number of aromatic nitrogens is 1. The van der Waals surface area contributed by atoms with Gasteiger partial charge in [0.05, 0.1) is 6.61 Å². The highest BCUT2D eigenvalue weighted by Gasteiger charge is 2.09. The summed E-state index contributed by atoms with van der Waals surface area (Å²) in [6, 6.07) is 4.05. The molecule has 19 heavy (non-hydrogen) atoms. The summed E-state index contributed by atoms with van der Waals surface area (Å²) in [5.74, 6) is 1.32. The maximum absolute atomic E-state index is 5.75. The summed E-state index contributed by atoms with van der Waals surface area (Å²) >= 11 is 0. The molecule has 1 aromatic heterocycles. The zero-order valence-corrected chi connectivity index (χ0v) is 13.0. The van der Waals surface area contributed by atoms with Gasteiger partial charge in [0.15, 0.2) is 0 Å². The van der Waals surface area contributed by atoms with Crippen LogP contribution in [0.1, 0.15) is 53.0 Å². The minimum absolute atomic E-state index is 0.125. The Balaban J connectivity index is 2.48. The first-order valence-electron chi connectivity index (χ1n) is 7.23. The second kappa shape index (κ2) is 7.49. The Bertz CT molecular complexity index is 371. The molecule has 1 atom stereocenters. The van der Waals surface area contributed by atoms with Crippen LogP contribution < -0.4 is 10.1 Å². The standard InChI is InChI=1S/C16H28N2O/c1-6-7-13(2)12-19-15-10-14(8-9-17-15)11-18-16(3,4)5/h8-10,13,18H,6-7,11-12H2,1-5H3. The molecule has 0 saturated carbocycles. The van der Waals surface area contributed by atoms with Crippen molar-refractivity contribution in [3.8, 4) is 5.88 Å². The maximum Gasteiger partial charge on any atom is 0.213 e. The molecule has 108 valence electrons. The van der Waals surface area contributed by atoms with Crippen LogP contribution in [0.15, 0.2) is 18.3 Å². The van der Waals surface area contributed by atoms with E-state index in [1.165, 1.54) is 18.4 Å². The SMILES string of the molecule is CCCC(C)COc1cc(CNC(C)(C)C)ccn1. The first kappa shape index (κ1) is 16.0. The fourth-order valence-electron chi connectivity index (χ4n) is 1.81. The number of nitrogens with zero attached hydrogens (tertiary/aromatic N) is 1. The minimum Gasteiger partial charge on any atom is -0.477 e. The van der Waals surface area contributed by atoms with E-state index in [-0.39, 0.29) is 5.54 Å². The van der Waals surface area contributed by atoms with Crippen molar-refractivity contribution in [1.82, 2.24) is 10.3 Å². The lowest BCUT2D eigenvalue weighted by atomic mass is 10.1. The van der Waals surface area contributed by atoms with E-state index in [2.05, 4.69) is 44.9 Å². The number of nitrogens with one attached hydrogen (secondary N) is 1. The number of pyridine rings is 1. The van der Waals surface area contributed by atoms with Gasteiger partial charge in [0.25, 0.3) is 0 Å². The third kappa shape index (κ3) is 7.16. The highest BCUT2D eigenvalue weighted by Crippen LogP contribution is 2.13. The minimum atomic E-state index is 0.125. The molecule has 0 spiro atoms. The lowest BCUT2D eigenvalue weighted by Gasteiger charge is -2.20.